The molecule has 0 radical (unpaired) electrons. The Kier molecular flexibility index (Phi) is 7.51. The van der Waals surface area contributed by atoms with Crippen LogP contribution in [0.5, 0.6) is 11.5 Å². The number of hydrogen-bond donors (Lipinski definition) is 1. The lowest BCUT2D eigenvalue weighted by molar-refractivity contribution is -0.140. The van der Waals surface area contributed by atoms with Crippen LogP contribution in [0, 0.1) is 0 Å². The maximum atomic E-state index is 13.2. The third-order valence-electron chi connectivity index (χ3n) is 6.06. The SMILES string of the molecule is CCCCOc1ccc(C2/C(=C(\O)c3ccc(OC)cc3)C(=O)C(=O)N2Cc2ccccc2)cc1. The van der Waals surface area contributed by atoms with Crippen molar-refractivity contribution < 1.29 is 24.2 Å². The Labute approximate surface area is 205 Å². The van der Waals surface area contributed by atoms with Gasteiger partial charge >= 0.3 is 0 Å². The molecule has 1 N–H and O–H groups in total. The first-order valence-corrected chi connectivity index (χ1v) is 11.7. The van der Waals surface area contributed by atoms with Crippen LogP contribution in [0.1, 0.15) is 42.5 Å². The minimum atomic E-state index is -0.734. The molecule has 0 saturated carbocycles. The first kappa shape index (κ1) is 24.1. The van der Waals surface area contributed by atoms with Gasteiger partial charge in [0.15, 0.2) is 0 Å². The van der Waals surface area contributed by atoms with Crippen LogP contribution in [0.15, 0.2) is 84.4 Å². The van der Waals surface area contributed by atoms with E-state index in [1.54, 1.807) is 31.4 Å². The zero-order valence-corrected chi connectivity index (χ0v) is 19.9. The minimum Gasteiger partial charge on any atom is -0.507 e. The van der Waals surface area contributed by atoms with Gasteiger partial charge in [0.1, 0.15) is 17.3 Å². The quantitative estimate of drug-likeness (QED) is 0.193. The molecule has 1 atom stereocenters. The van der Waals surface area contributed by atoms with E-state index >= 15 is 0 Å². The molecule has 35 heavy (non-hydrogen) atoms. The van der Waals surface area contributed by atoms with Crippen molar-refractivity contribution in [3.05, 3.63) is 101 Å². The zero-order valence-electron chi connectivity index (χ0n) is 19.9. The van der Waals surface area contributed by atoms with E-state index in [2.05, 4.69) is 6.92 Å². The summed E-state index contributed by atoms with van der Waals surface area (Å²) >= 11 is 0. The van der Waals surface area contributed by atoms with Gasteiger partial charge in [-0.15, -0.1) is 0 Å². The number of ketones is 1. The van der Waals surface area contributed by atoms with Crippen molar-refractivity contribution in [3.8, 4) is 11.5 Å². The molecule has 180 valence electrons. The van der Waals surface area contributed by atoms with Crippen LogP contribution >= 0.6 is 0 Å². The number of likely N-dealkylation sites (tertiary alicyclic amines) is 1. The second-order valence-electron chi connectivity index (χ2n) is 8.41. The maximum absolute atomic E-state index is 13.2. The fraction of sp³-hybridized carbons (Fsp3) is 0.241. The molecule has 1 aliphatic heterocycles. The van der Waals surface area contributed by atoms with E-state index in [4.69, 9.17) is 9.47 Å². The Morgan fingerprint density at radius 3 is 2.20 bits per heavy atom. The number of Topliss-reactive ketones (excluding diaryl/α,β-unsaturated/α-hetero) is 1. The molecule has 3 aromatic carbocycles. The standard InChI is InChI=1S/C29H29NO5/c1-3-4-18-35-24-16-10-21(11-17-24)26-25(27(31)22-12-14-23(34-2)15-13-22)28(32)29(33)30(26)19-20-8-6-5-7-9-20/h5-17,26,31H,3-4,18-19H2,1-2H3/b27-25+. The van der Waals surface area contributed by atoms with Crippen LogP contribution < -0.4 is 9.47 Å². The Hall–Kier alpha value is -4.06. The van der Waals surface area contributed by atoms with Gasteiger partial charge in [0.25, 0.3) is 11.7 Å². The molecule has 1 fully saturated rings. The number of amides is 1. The van der Waals surface area contributed by atoms with Gasteiger partial charge in [-0.25, -0.2) is 0 Å². The molecule has 0 bridgehead atoms. The summed E-state index contributed by atoms with van der Waals surface area (Å²) in [5, 5.41) is 11.2. The minimum absolute atomic E-state index is 0.0655. The van der Waals surface area contributed by atoms with Crippen molar-refractivity contribution in [2.45, 2.75) is 32.4 Å². The van der Waals surface area contributed by atoms with Gasteiger partial charge in [-0.2, -0.15) is 0 Å². The first-order chi connectivity index (χ1) is 17.0. The molecule has 0 spiro atoms. The number of benzene rings is 3. The van der Waals surface area contributed by atoms with Crippen molar-refractivity contribution >= 4 is 17.4 Å². The summed E-state index contributed by atoms with van der Waals surface area (Å²) in [7, 11) is 1.56. The van der Waals surface area contributed by atoms with Crippen LogP contribution in [0.4, 0.5) is 0 Å². The highest BCUT2D eigenvalue weighted by atomic mass is 16.5. The van der Waals surface area contributed by atoms with Crippen LogP contribution in [-0.2, 0) is 16.1 Å². The third-order valence-corrected chi connectivity index (χ3v) is 6.06. The molecule has 6 nitrogen and oxygen atoms in total. The van der Waals surface area contributed by atoms with Crippen molar-refractivity contribution in [3.63, 3.8) is 0 Å². The Bertz CT molecular complexity index is 1200. The molecule has 0 aliphatic carbocycles. The number of carbonyl (C=O) groups excluding carboxylic acids is 2. The Balaban J connectivity index is 1.76. The predicted molar refractivity (Wildman–Crippen MR) is 134 cm³/mol. The number of hydrogen-bond acceptors (Lipinski definition) is 5. The van der Waals surface area contributed by atoms with E-state index in [9.17, 15) is 14.7 Å². The summed E-state index contributed by atoms with van der Waals surface area (Å²) in [5.74, 6) is -0.215. The van der Waals surface area contributed by atoms with Gasteiger partial charge in [-0.3, -0.25) is 9.59 Å². The largest absolute Gasteiger partial charge is 0.507 e. The monoisotopic (exact) mass is 471 g/mol. The van der Waals surface area contributed by atoms with Gasteiger partial charge in [0, 0.05) is 12.1 Å². The van der Waals surface area contributed by atoms with Gasteiger partial charge in [-0.1, -0.05) is 55.8 Å². The number of carbonyl (C=O) groups is 2. The summed E-state index contributed by atoms with van der Waals surface area (Å²) in [4.78, 5) is 27.9. The second-order valence-corrected chi connectivity index (χ2v) is 8.41. The second kappa shape index (κ2) is 10.9. The number of unbranched alkanes of at least 4 members (excludes halogenated alkanes) is 1. The molecule has 1 unspecified atom stereocenters. The van der Waals surface area contributed by atoms with Gasteiger partial charge in [-0.05, 0) is 53.9 Å². The summed E-state index contributed by atoms with van der Waals surface area (Å²) in [6, 6.07) is 22.9. The molecule has 1 aliphatic rings. The van der Waals surface area contributed by atoms with E-state index in [1.807, 2.05) is 54.6 Å². The molecule has 1 heterocycles. The highest BCUT2D eigenvalue weighted by Gasteiger charge is 2.46. The van der Waals surface area contributed by atoms with Gasteiger partial charge in [0.05, 0.1) is 25.3 Å². The van der Waals surface area contributed by atoms with E-state index in [0.717, 1.165) is 29.7 Å². The van der Waals surface area contributed by atoms with Crippen molar-refractivity contribution in [2.75, 3.05) is 13.7 Å². The normalized spacial score (nSPS) is 17.0. The maximum Gasteiger partial charge on any atom is 0.295 e. The van der Waals surface area contributed by atoms with Crippen molar-refractivity contribution in [1.82, 2.24) is 4.90 Å². The first-order valence-electron chi connectivity index (χ1n) is 11.7. The fourth-order valence-corrected chi connectivity index (χ4v) is 4.15. The summed E-state index contributed by atoms with van der Waals surface area (Å²) in [6.07, 6.45) is 2.00. The van der Waals surface area contributed by atoms with Crippen LogP contribution in [0.2, 0.25) is 0 Å². The topological polar surface area (TPSA) is 76.1 Å². The van der Waals surface area contributed by atoms with Crippen molar-refractivity contribution in [2.24, 2.45) is 0 Å². The molecule has 4 rings (SSSR count). The molecular formula is C29H29NO5. The molecule has 1 amide bonds. The average Bonchev–Trinajstić information content (AvgIpc) is 3.14. The Morgan fingerprint density at radius 2 is 1.57 bits per heavy atom. The fourth-order valence-electron chi connectivity index (χ4n) is 4.15. The number of ether oxygens (including phenoxy) is 2. The predicted octanol–water partition coefficient (Wildman–Crippen LogP) is 5.50. The number of aliphatic hydroxyl groups is 1. The summed E-state index contributed by atoms with van der Waals surface area (Å²) in [6.45, 7) is 2.97. The van der Waals surface area contributed by atoms with E-state index in [1.165, 1.54) is 4.90 Å². The highest BCUT2D eigenvalue weighted by Crippen LogP contribution is 2.40. The number of aliphatic hydroxyl groups excluding tert-OH is 1. The van der Waals surface area contributed by atoms with E-state index < -0.39 is 17.7 Å². The summed E-state index contributed by atoms with van der Waals surface area (Å²) in [5.41, 5.74) is 2.12. The molecule has 6 heteroatoms. The number of rotatable bonds is 9. The lowest BCUT2D eigenvalue weighted by atomic mass is 9.95. The lowest BCUT2D eigenvalue weighted by Crippen LogP contribution is -2.29. The van der Waals surface area contributed by atoms with Crippen LogP contribution in [0.3, 0.4) is 0 Å². The van der Waals surface area contributed by atoms with E-state index in [0.29, 0.717) is 17.9 Å². The molecule has 0 aromatic heterocycles. The van der Waals surface area contributed by atoms with Crippen LogP contribution in [-0.4, -0.2) is 35.4 Å². The Morgan fingerprint density at radius 1 is 0.914 bits per heavy atom. The van der Waals surface area contributed by atoms with Gasteiger partial charge in [0.2, 0.25) is 0 Å². The van der Waals surface area contributed by atoms with Gasteiger partial charge < -0.3 is 19.5 Å². The van der Waals surface area contributed by atoms with Crippen LogP contribution in [0.25, 0.3) is 5.76 Å². The average molecular weight is 472 g/mol. The number of methoxy groups -OCH3 is 1. The molecular weight excluding hydrogens is 442 g/mol. The molecule has 1 saturated heterocycles. The number of nitrogens with zero attached hydrogens (tertiary/aromatic N) is 1. The van der Waals surface area contributed by atoms with Crippen molar-refractivity contribution in [1.29, 1.82) is 0 Å². The lowest BCUT2D eigenvalue weighted by Gasteiger charge is -2.25. The molecule has 3 aromatic rings. The zero-order chi connectivity index (χ0) is 24.8. The summed E-state index contributed by atoms with van der Waals surface area (Å²) < 4.78 is 11.0. The third kappa shape index (κ3) is 5.22. The smallest absolute Gasteiger partial charge is 0.295 e. The van der Waals surface area contributed by atoms with E-state index in [-0.39, 0.29) is 17.9 Å². The highest BCUT2D eigenvalue weighted by molar-refractivity contribution is 6.46.